The van der Waals surface area contributed by atoms with E-state index in [0.29, 0.717) is 16.5 Å². The Morgan fingerprint density at radius 3 is 2.27 bits per heavy atom. The van der Waals surface area contributed by atoms with Crippen molar-refractivity contribution >= 4 is 33.6 Å². The van der Waals surface area contributed by atoms with Crippen molar-refractivity contribution in [2.45, 2.75) is 66.5 Å². The smallest absolute Gasteiger partial charge is 0.408 e. The van der Waals surface area contributed by atoms with Crippen molar-refractivity contribution in [3.05, 3.63) is 28.0 Å². The third-order valence-electron chi connectivity index (χ3n) is 3.40. The van der Waals surface area contributed by atoms with Gasteiger partial charge in [0, 0.05) is 10.0 Å². The zero-order valence-electron chi connectivity index (χ0n) is 16.4. The zero-order chi connectivity index (χ0) is 20.3. The van der Waals surface area contributed by atoms with Crippen LogP contribution in [0.3, 0.4) is 0 Å². The summed E-state index contributed by atoms with van der Waals surface area (Å²) in [5, 5.41) is 5.15. The standard InChI is InChI=1S/C19H28BrFN2O3/c1-11-12(20)8-9-13(15(11)21)22-16(24)14(10-18(2,3)4)23-17(25)26-19(5,6)7/h8-9,14H,10H2,1-7H3,(H,22,24)(H,23,25)/t14-/m1/s1. The van der Waals surface area contributed by atoms with Gasteiger partial charge in [0.05, 0.1) is 5.69 Å². The van der Waals surface area contributed by atoms with E-state index in [2.05, 4.69) is 26.6 Å². The number of amides is 2. The lowest BCUT2D eigenvalue weighted by molar-refractivity contribution is -0.118. The number of anilines is 1. The van der Waals surface area contributed by atoms with Crippen LogP contribution in [0.4, 0.5) is 14.9 Å². The van der Waals surface area contributed by atoms with Crippen molar-refractivity contribution in [1.29, 1.82) is 0 Å². The van der Waals surface area contributed by atoms with Gasteiger partial charge in [-0.2, -0.15) is 0 Å². The van der Waals surface area contributed by atoms with Crippen LogP contribution in [0, 0.1) is 18.2 Å². The highest BCUT2D eigenvalue weighted by molar-refractivity contribution is 9.10. The zero-order valence-corrected chi connectivity index (χ0v) is 18.0. The van der Waals surface area contributed by atoms with E-state index in [4.69, 9.17) is 4.74 Å². The molecule has 0 radical (unpaired) electrons. The Bertz CT molecular complexity index is 679. The average molecular weight is 431 g/mol. The first-order valence-corrected chi connectivity index (χ1v) is 9.24. The molecule has 0 aromatic heterocycles. The molecule has 0 saturated heterocycles. The normalized spacial score (nSPS) is 13.1. The van der Waals surface area contributed by atoms with Gasteiger partial charge >= 0.3 is 6.09 Å². The number of alkyl carbamates (subject to hydrolysis) is 1. The summed E-state index contributed by atoms with van der Waals surface area (Å²) < 4.78 is 20.2. The van der Waals surface area contributed by atoms with Gasteiger partial charge in [-0.15, -0.1) is 0 Å². The van der Waals surface area contributed by atoms with Gasteiger partial charge in [0.1, 0.15) is 11.6 Å². The molecule has 0 unspecified atom stereocenters. The van der Waals surface area contributed by atoms with E-state index in [1.165, 1.54) is 6.07 Å². The molecule has 0 saturated carbocycles. The highest BCUT2D eigenvalue weighted by Crippen LogP contribution is 2.26. The molecular weight excluding hydrogens is 403 g/mol. The molecular formula is C19H28BrFN2O3. The van der Waals surface area contributed by atoms with Crippen molar-refractivity contribution in [3.8, 4) is 0 Å². The lowest BCUT2D eigenvalue weighted by Crippen LogP contribution is -2.47. The van der Waals surface area contributed by atoms with Gasteiger partial charge < -0.3 is 15.4 Å². The van der Waals surface area contributed by atoms with Gasteiger partial charge in [0.15, 0.2) is 5.82 Å². The number of ether oxygens (including phenoxy) is 1. The van der Waals surface area contributed by atoms with Crippen molar-refractivity contribution < 1.29 is 18.7 Å². The Labute approximate surface area is 163 Å². The molecule has 0 aliphatic heterocycles. The van der Waals surface area contributed by atoms with Crippen molar-refractivity contribution in [2.24, 2.45) is 5.41 Å². The predicted octanol–water partition coefficient (Wildman–Crippen LogP) is 5.16. The topological polar surface area (TPSA) is 67.4 Å². The van der Waals surface area contributed by atoms with Gasteiger partial charge in [0.2, 0.25) is 5.91 Å². The molecule has 0 bridgehead atoms. The minimum absolute atomic E-state index is 0.0700. The first kappa shape index (κ1) is 22.4. The molecule has 2 N–H and O–H groups in total. The Morgan fingerprint density at radius 1 is 1.19 bits per heavy atom. The summed E-state index contributed by atoms with van der Waals surface area (Å²) >= 11 is 3.25. The van der Waals surface area contributed by atoms with Crippen LogP contribution < -0.4 is 10.6 Å². The minimum atomic E-state index is -0.854. The van der Waals surface area contributed by atoms with Gasteiger partial charge in [-0.3, -0.25) is 4.79 Å². The van der Waals surface area contributed by atoms with E-state index >= 15 is 0 Å². The molecule has 26 heavy (non-hydrogen) atoms. The fourth-order valence-corrected chi connectivity index (χ4v) is 2.56. The van der Waals surface area contributed by atoms with Crippen LogP contribution in [0.2, 0.25) is 0 Å². The fourth-order valence-electron chi connectivity index (χ4n) is 2.25. The van der Waals surface area contributed by atoms with E-state index in [1.807, 2.05) is 20.8 Å². The SMILES string of the molecule is Cc1c(Br)ccc(NC(=O)[C@@H](CC(C)(C)C)NC(=O)OC(C)(C)C)c1F. The number of hydrogen-bond acceptors (Lipinski definition) is 3. The third-order valence-corrected chi connectivity index (χ3v) is 4.26. The number of rotatable bonds is 4. The monoisotopic (exact) mass is 430 g/mol. The highest BCUT2D eigenvalue weighted by Gasteiger charge is 2.29. The Balaban J connectivity index is 2.98. The number of carbonyl (C=O) groups excluding carboxylic acids is 2. The Kier molecular flexibility index (Phi) is 7.22. The van der Waals surface area contributed by atoms with E-state index in [0.717, 1.165) is 0 Å². The fraction of sp³-hybridized carbons (Fsp3) is 0.579. The molecule has 0 aliphatic carbocycles. The summed E-state index contributed by atoms with van der Waals surface area (Å²) in [5.74, 6) is -1.01. The molecule has 0 heterocycles. The predicted molar refractivity (Wildman–Crippen MR) is 105 cm³/mol. The van der Waals surface area contributed by atoms with Gasteiger partial charge in [0.25, 0.3) is 0 Å². The molecule has 1 aromatic rings. The first-order valence-electron chi connectivity index (χ1n) is 8.44. The largest absolute Gasteiger partial charge is 0.444 e. The van der Waals surface area contributed by atoms with E-state index in [-0.39, 0.29) is 11.1 Å². The first-order chi connectivity index (χ1) is 11.7. The van der Waals surface area contributed by atoms with Gasteiger partial charge in [-0.05, 0) is 51.7 Å². The van der Waals surface area contributed by atoms with Crippen LogP contribution in [-0.4, -0.2) is 23.6 Å². The average Bonchev–Trinajstić information content (AvgIpc) is 2.43. The molecule has 0 fully saturated rings. The molecule has 2 amide bonds. The summed E-state index contributed by atoms with van der Waals surface area (Å²) in [5.41, 5.74) is -0.441. The summed E-state index contributed by atoms with van der Waals surface area (Å²) in [6.07, 6.45) is -0.316. The highest BCUT2D eigenvalue weighted by atomic mass is 79.9. The van der Waals surface area contributed by atoms with Crippen LogP contribution in [0.25, 0.3) is 0 Å². The van der Waals surface area contributed by atoms with Crippen LogP contribution >= 0.6 is 15.9 Å². The second-order valence-corrected chi connectivity index (χ2v) is 9.34. The van der Waals surface area contributed by atoms with E-state index in [9.17, 15) is 14.0 Å². The quantitative estimate of drug-likeness (QED) is 0.692. The lowest BCUT2D eigenvalue weighted by atomic mass is 9.87. The van der Waals surface area contributed by atoms with Crippen molar-refractivity contribution in [1.82, 2.24) is 5.32 Å². The molecule has 5 nitrogen and oxygen atoms in total. The number of nitrogens with one attached hydrogen (secondary N) is 2. The molecule has 146 valence electrons. The molecule has 7 heteroatoms. The van der Waals surface area contributed by atoms with Crippen molar-refractivity contribution in [3.63, 3.8) is 0 Å². The number of hydrogen-bond donors (Lipinski definition) is 2. The summed E-state index contributed by atoms with van der Waals surface area (Å²) in [7, 11) is 0. The summed E-state index contributed by atoms with van der Waals surface area (Å²) in [6, 6.07) is 2.29. The second-order valence-electron chi connectivity index (χ2n) is 8.49. The van der Waals surface area contributed by atoms with Crippen molar-refractivity contribution in [2.75, 3.05) is 5.32 Å². The number of carbonyl (C=O) groups is 2. The van der Waals surface area contributed by atoms with Gasteiger partial charge in [-0.1, -0.05) is 36.7 Å². The lowest BCUT2D eigenvalue weighted by Gasteiger charge is -2.27. The molecule has 1 rings (SSSR count). The maximum Gasteiger partial charge on any atom is 0.408 e. The Hall–Kier alpha value is -1.63. The molecule has 1 atom stereocenters. The van der Waals surface area contributed by atoms with Crippen LogP contribution in [0.1, 0.15) is 53.5 Å². The maximum atomic E-state index is 14.4. The third kappa shape index (κ3) is 7.32. The minimum Gasteiger partial charge on any atom is -0.444 e. The van der Waals surface area contributed by atoms with Crippen LogP contribution in [0.15, 0.2) is 16.6 Å². The van der Waals surface area contributed by atoms with E-state index < -0.39 is 29.5 Å². The van der Waals surface area contributed by atoms with Crippen LogP contribution in [-0.2, 0) is 9.53 Å². The van der Waals surface area contributed by atoms with Gasteiger partial charge in [-0.25, -0.2) is 9.18 Å². The molecule has 0 spiro atoms. The molecule has 0 aliphatic rings. The van der Waals surface area contributed by atoms with Crippen LogP contribution in [0.5, 0.6) is 0 Å². The summed E-state index contributed by atoms with van der Waals surface area (Å²) in [6.45, 7) is 12.7. The molecule has 1 aromatic carbocycles. The number of benzene rings is 1. The summed E-state index contributed by atoms with van der Waals surface area (Å²) in [4.78, 5) is 24.8. The maximum absolute atomic E-state index is 14.4. The van der Waals surface area contributed by atoms with E-state index in [1.54, 1.807) is 33.8 Å². The number of halogens is 2. The second kappa shape index (κ2) is 8.37. The Morgan fingerprint density at radius 2 is 1.77 bits per heavy atom.